The minimum absolute atomic E-state index is 0.191. The Kier molecular flexibility index (Phi) is 9.16. The average molecular weight is 496 g/mol. The van der Waals surface area contributed by atoms with E-state index in [0.29, 0.717) is 23.2 Å². The predicted molar refractivity (Wildman–Crippen MR) is 138 cm³/mol. The van der Waals surface area contributed by atoms with Gasteiger partial charge in [-0.3, -0.25) is 9.69 Å². The summed E-state index contributed by atoms with van der Waals surface area (Å²) in [4.78, 5) is 26.3. The van der Waals surface area contributed by atoms with Crippen molar-refractivity contribution in [3.8, 4) is 0 Å². The first-order valence-electron chi connectivity index (χ1n) is 12.0. The third kappa shape index (κ3) is 7.55. The van der Waals surface area contributed by atoms with Gasteiger partial charge in [-0.25, -0.2) is 9.97 Å². The fourth-order valence-electron chi connectivity index (χ4n) is 3.79. The van der Waals surface area contributed by atoms with Crippen LogP contribution in [0.25, 0.3) is 0 Å². The zero-order chi connectivity index (χ0) is 24.5. The van der Waals surface area contributed by atoms with Crippen molar-refractivity contribution in [1.82, 2.24) is 20.2 Å². The lowest BCUT2D eigenvalue weighted by Gasteiger charge is -2.26. The smallest absolute Gasteiger partial charge is 0.287 e. The molecule has 0 spiro atoms. The molecule has 0 bridgehead atoms. The van der Waals surface area contributed by atoms with Crippen LogP contribution in [0.3, 0.4) is 0 Å². The number of rotatable bonds is 11. The van der Waals surface area contributed by atoms with E-state index in [9.17, 15) is 4.79 Å². The maximum Gasteiger partial charge on any atom is 0.287 e. The largest absolute Gasteiger partial charge is 0.455 e. The van der Waals surface area contributed by atoms with Gasteiger partial charge in [-0.1, -0.05) is 49.0 Å². The van der Waals surface area contributed by atoms with Crippen LogP contribution < -0.4 is 10.2 Å². The topological polar surface area (TPSA) is 83.7 Å². The normalized spacial score (nSPS) is 14.1. The second-order valence-electron chi connectivity index (χ2n) is 8.46. The molecule has 1 N–H and O–H groups in total. The molecule has 2 aromatic heterocycles. The lowest BCUT2D eigenvalue weighted by Crippen LogP contribution is -2.41. The summed E-state index contributed by atoms with van der Waals surface area (Å²) in [7, 11) is 2.04. The minimum atomic E-state index is -0.191. The monoisotopic (exact) mass is 495 g/mol. The van der Waals surface area contributed by atoms with Crippen LogP contribution in [0.1, 0.15) is 34.5 Å². The first kappa shape index (κ1) is 25.2. The van der Waals surface area contributed by atoms with E-state index in [1.54, 1.807) is 6.07 Å². The first-order valence-corrected chi connectivity index (χ1v) is 13.0. The Balaban J connectivity index is 1.31. The Bertz CT molecular complexity index is 1090. The molecule has 0 radical (unpaired) electrons. The zero-order valence-electron chi connectivity index (χ0n) is 20.4. The number of carbonyl (C=O) groups excluding carboxylic acids is 1. The number of benzene rings is 1. The predicted octanol–water partition coefficient (Wildman–Crippen LogP) is 3.62. The molecular formula is C26H33N5O3S. The van der Waals surface area contributed by atoms with Gasteiger partial charge in [-0.05, 0) is 24.1 Å². The van der Waals surface area contributed by atoms with Crippen LogP contribution in [0.15, 0.2) is 58.1 Å². The molecule has 9 heteroatoms. The van der Waals surface area contributed by atoms with Gasteiger partial charge in [0, 0.05) is 51.5 Å². The number of amides is 1. The molecule has 3 aromatic rings. The standard InChI is InChI=1S/C26H33N5O3S/c1-3-21-17-24(30(2)18-20-7-5-4-6-8-20)29-26(28-21)35-19-22-9-10-23(34-22)25(32)27-11-12-31-13-15-33-16-14-31/h4-10,17H,3,11-16,18-19H2,1-2H3,(H,27,32). The summed E-state index contributed by atoms with van der Waals surface area (Å²) >= 11 is 1.51. The van der Waals surface area contributed by atoms with E-state index >= 15 is 0 Å². The SMILES string of the molecule is CCc1cc(N(C)Cc2ccccc2)nc(SCc2ccc(C(=O)NCCN3CCOCC3)o2)n1. The summed E-state index contributed by atoms with van der Waals surface area (Å²) in [6, 6.07) is 15.9. The molecule has 1 saturated heterocycles. The second-order valence-corrected chi connectivity index (χ2v) is 9.40. The molecule has 35 heavy (non-hydrogen) atoms. The maximum absolute atomic E-state index is 12.4. The first-order chi connectivity index (χ1) is 17.1. The summed E-state index contributed by atoms with van der Waals surface area (Å²) in [6.45, 7) is 7.57. The van der Waals surface area contributed by atoms with Crippen LogP contribution in [-0.4, -0.2) is 67.2 Å². The van der Waals surface area contributed by atoms with E-state index in [-0.39, 0.29) is 5.91 Å². The highest BCUT2D eigenvalue weighted by Gasteiger charge is 2.15. The number of carbonyl (C=O) groups is 1. The lowest BCUT2D eigenvalue weighted by molar-refractivity contribution is 0.0382. The van der Waals surface area contributed by atoms with Gasteiger partial charge in [0.2, 0.25) is 0 Å². The van der Waals surface area contributed by atoms with Gasteiger partial charge in [0.25, 0.3) is 5.91 Å². The van der Waals surface area contributed by atoms with Crippen molar-refractivity contribution in [2.24, 2.45) is 0 Å². The van der Waals surface area contributed by atoms with Crippen molar-refractivity contribution in [1.29, 1.82) is 0 Å². The van der Waals surface area contributed by atoms with Crippen LogP contribution in [0.5, 0.6) is 0 Å². The Morgan fingerprint density at radius 3 is 2.71 bits per heavy atom. The van der Waals surface area contributed by atoms with E-state index in [2.05, 4.69) is 39.2 Å². The number of anilines is 1. The number of aromatic nitrogens is 2. The summed E-state index contributed by atoms with van der Waals surface area (Å²) in [5, 5.41) is 3.64. The van der Waals surface area contributed by atoms with Gasteiger partial charge in [-0.15, -0.1) is 0 Å². The number of thioether (sulfide) groups is 1. The van der Waals surface area contributed by atoms with Gasteiger partial charge >= 0.3 is 0 Å². The second kappa shape index (κ2) is 12.7. The average Bonchev–Trinajstić information content (AvgIpc) is 3.38. The molecular weight excluding hydrogens is 462 g/mol. The molecule has 0 saturated carbocycles. The Morgan fingerprint density at radius 1 is 1.14 bits per heavy atom. The van der Waals surface area contributed by atoms with Gasteiger partial charge < -0.3 is 19.4 Å². The van der Waals surface area contributed by atoms with E-state index in [4.69, 9.17) is 14.1 Å². The number of morpholine rings is 1. The maximum atomic E-state index is 12.4. The summed E-state index contributed by atoms with van der Waals surface area (Å²) in [5.41, 5.74) is 2.23. The third-order valence-corrected chi connectivity index (χ3v) is 6.68. The Labute approximate surface area is 211 Å². The molecule has 186 valence electrons. The zero-order valence-corrected chi connectivity index (χ0v) is 21.2. The molecule has 4 rings (SSSR count). The van der Waals surface area contributed by atoms with Crippen LogP contribution in [0.4, 0.5) is 5.82 Å². The van der Waals surface area contributed by atoms with Crippen molar-refractivity contribution >= 4 is 23.5 Å². The highest BCUT2D eigenvalue weighted by atomic mass is 32.2. The van der Waals surface area contributed by atoms with E-state index in [1.165, 1.54) is 17.3 Å². The fraction of sp³-hybridized carbons (Fsp3) is 0.423. The van der Waals surface area contributed by atoms with Gasteiger partial charge in [-0.2, -0.15) is 0 Å². The minimum Gasteiger partial charge on any atom is -0.455 e. The van der Waals surface area contributed by atoms with E-state index in [1.807, 2.05) is 37.4 Å². The molecule has 8 nitrogen and oxygen atoms in total. The quantitative estimate of drug-likeness (QED) is 0.319. The summed E-state index contributed by atoms with van der Waals surface area (Å²) < 4.78 is 11.1. The molecule has 1 aliphatic rings. The van der Waals surface area contributed by atoms with Gasteiger partial charge in [0.05, 0.1) is 19.0 Å². The number of aryl methyl sites for hydroxylation is 1. The van der Waals surface area contributed by atoms with Crippen LogP contribution in [0, 0.1) is 0 Å². The molecule has 1 aromatic carbocycles. The van der Waals surface area contributed by atoms with E-state index < -0.39 is 0 Å². The highest BCUT2D eigenvalue weighted by molar-refractivity contribution is 7.98. The van der Waals surface area contributed by atoms with Gasteiger partial charge in [0.1, 0.15) is 11.6 Å². The highest BCUT2D eigenvalue weighted by Crippen LogP contribution is 2.24. The molecule has 0 atom stereocenters. The third-order valence-electron chi connectivity index (χ3n) is 5.81. The summed E-state index contributed by atoms with van der Waals surface area (Å²) in [5.74, 6) is 2.30. The van der Waals surface area contributed by atoms with Crippen LogP contribution in [0.2, 0.25) is 0 Å². The van der Waals surface area contributed by atoms with Crippen molar-refractivity contribution in [3.05, 3.63) is 71.3 Å². The Hall–Kier alpha value is -2.88. The van der Waals surface area contributed by atoms with Crippen LogP contribution in [-0.2, 0) is 23.5 Å². The molecule has 3 heterocycles. The summed E-state index contributed by atoms with van der Waals surface area (Å²) in [6.07, 6.45) is 0.831. The fourth-order valence-corrected chi connectivity index (χ4v) is 4.56. The molecule has 0 aliphatic carbocycles. The van der Waals surface area contributed by atoms with Crippen molar-refractivity contribution in [3.63, 3.8) is 0 Å². The molecule has 0 unspecified atom stereocenters. The number of nitrogens with one attached hydrogen (secondary N) is 1. The molecule has 1 fully saturated rings. The number of hydrogen-bond acceptors (Lipinski definition) is 8. The number of ether oxygens (including phenoxy) is 1. The molecule has 1 amide bonds. The molecule has 1 aliphatic heterocycles. The lowest BCUT2D eigenvalue weighted by atomic mass is 10.2. The number of furan rings is 1. The number of hydrogen-bond donors (Lipinski definition) is 1. The number of nitrogens with zero attached hydrogens (tertiary/aromatic N) is 4. The van der Waals surface area contributed by atoms with E-state index in [0.717, 1.165) is 63.1 Å². The van der Waals surface area contributed by atoms with Crippen molar-refractivity contribution in [2.45, 2.75) is 30.8 Å². The van der Waals surface area contributed by atoms with Crippen LogP contribution >= 0.6 is 11.8 Å². The van der Waals surface area contributed by atoms with Crippen molar-refractivity contribution < 1.29 is 13.9 Å². The van der Waals surface area contributed by atoms with Crippen molar-refractivity contribution in [2.75, 3.05) is 51.3 Å². The Morgan fingerprint density at radius 2 is 1.94 bits per heavy atom. The van der Waals surface area contributed by atoms with Gasteiger partial charge in [0.15, 0.2) is 10.9 Å².